The Morgan fingerprint density at radius 1 is 1.67 bits per heavy atom. The molecular weight excluding hydrogens is 152 g/mol. The highest BCUT2D eigenvalue weighted by Crippen LogP contribution is 2.05. The number of hydrogen-bond donors (Lipinski definition) is 1. The standard InChI is InChI=1S/C9H10N2O/c10-5-9(7-12)4-8-2-1-3-11-6-8/h1-3,6,9,12H,4,7H2/t9-/m1/s1. The Labute approximate surface area is 71.3 Å². The SMILES string of the molecule is N#C[C@H](CO)Cc1cccnc1. The molecule has 62 valence electrons. The van der Waals surface area contributed by atoms with Crippen molar-refractivity contribution in [3.05, 3.63) is 30.1 Å². The highest BCUT2D eigenvalue weighted by atomic mass is 16.3. The maximum Gasteiger partial charge on any atom is 0.0735 e. The molecule has 0 unspecified atom stereocenters. The maximum absolute atomic E-state index is 8.74. The van der Waals surface area contributed by atoms with Crippen LogP contribution in [0, 0.1) is 17.2 Å². The molecule has 0 radical (unpaired) electrons. The van der Waals surface area contributed by atoms with E-state index in [1.54, 1.807) is 12.4 Å². The van der Waals surface area contributed by atoms with Crippen LogP contribution in [-0.2, 0) is 6.42 Å². The summed E-state index contributed by atoms with van der Waals surface area (Å²) in [6.07, 6.45) is 3.96. The van der Waals surface area contributed by atoms with E-state index in [1.807, 2.05) is 18.2 Å². The molecule has 0 amide bonds. The number of pyridine rings is 1. The molecule has 1 rings (SSSR count). The molecule has 0 aliphatic carbocycles. The second-order valence-corrected chi connectivity index (χ2v) is 2.57. The molecule has 0 aliphatic rings. The van der Waals surface area contributed by atoms with Gasteiger partial charge in [0.25, 0.3) is 0 Å². The minimum atomic E-state index is -0.311. The van der Waals surface area contributed by atoms with Gasteiger partial charge < -0.3 is 5.11 Å². The summed E-state index contributed by atoms with van der Waals surface area (Å²) in [6.45, 7) is -0.0919. The van der Waals surface area contributed by atoms with Gasteiger partial charge in [-0.2, -0.15) is 5.26 Å². The van der Waals surface area contributed by atoms with Gasteiger partial charge >= 0.3 is 0 Å². The van der Waals surface area contributed by atoms with Crippen molar-refractivity contribution in [3.8, 4) is 6.07 Å². The van der Waals surface area contributed by atoms with E-state index in [2.05, 4.69) is 4.98 Å². The number of aliphatic hydroxyl groups excluding tert-OH is 1. The predicted octanol–water partition coefficient (Wildman–Crippen LogP) is 0.756. The van der Waals surface area contributed by atoms with Gasteiger partial charge in [0.1, 0.15) is 0 Å². The molecule has 12 heavy (non-hydrogen) atoms. The average Bonchev–Trinajstić information content (AvgIpc) is 2.16. The lowest BCUT2D eigenvalue weighted by atomic mass is 10.0. The number of aromatic nitrogens is 1. The van der Waals surface area contributed by atoms with E-state index in [1.165, 1.54) is 0 Å². The zero-order valence-corrected chi connectivity index (χ0v) is 6.64. The quantitative estimate of drug-likeness (QED) is 0.713. The number of nitriles is 1. The van der Waals surface area contributed by atoms with Crippen molar-refractivity contribution in [3.63, 3.8) is 0 Å². The van der Waals surface area contributed by atoms with Crippen LogP contribution in [-0.4, -0.2) is 16.7 Å². The molecule has 0 spiro atoms. The van der Waals surface area contributed by atoms with Crippen LogP contribution >= 0.6 is 0 Å². The van der Waals surface area contributed by atoms with E-state index in [0.29, 0.717) is 6.42 Å². The van der Waals surface area contributed by atoms with E-state index in [0.717, 1.165) is 5.56 Å². The largest absolute Gasteiger partial charge is 0.395 e. The molecule has 0 aliphatic heterocycles. The van der Waals surface area contributed by atoms with Crippen molar-refractivity contribution in [2.75, 3.05) is 6.61 Å². The third-order valence-electron chi connectivity index (χ3n) is 1.61. The van der Waals surface area contributed by atoms with Crippen molar-refractivity contribution in [2.45, 2.75) is 6.42 Å². The second-order valence-electron chi connectivity index (χ2n) is 2.57. The molecule has 0 saturated heterocycles. The zero-order chi connectivity index (χ0) is 8.81. The molecule has 0 fully saturated rings. The van der Waals surface area contributed by atoms with Gasteiger partial charge in [0.15, 0.2) is 0 Å². The number of aliphatic hydroxyl groups is 1. The molecule has 1 aromatic rings. The minimum Gasteiger partial charge on any atom is -0.395 e. The Hall–Kier alpha value is -1.40. The van der Waals surface area contributed by atoms with Crippen molar-refractivity contribution in [2.24, 2.45) is 5.92 Å². The summed E-state index contributed by atoms with van der Waals surface area (Å²) in [5.74, 6) is -0.311. The van der Waals surface area contributed by atoms with Gasteiger partial charge in [0.2, 0.25) is 0 Å². The average molecular weight is 162 g/mol. The first-order chi connectivity index (χ1) is 5.86. The molecule has 1 atom stereocenters. The summed E-state index contributed by atoms with van der Waals surface area (Å²) in [7, 11) is 0. The van der Waals surface area contributed by atoms with Crippen molar-refractivity contribution in [1.82, 2.24) is 4.98 Å². The predicted molar refractivity (Wildman–Crippen MR) is 44.1 cm³/mol. The highest BCUT2D eigenvalue weighted by molar-refractivity contribution is 5.11. The Kier molecular flexibility index (Phi) is 3.24. The van der Waals surface area contributed by atoms with Gasteiger partial charge in [0, 0.05) is 12.4 Å². The summed E-state index contributed by atoms with van der Waals surface area (Å²) < 4.78 is 0. The molecule has 1 heterocycles. The summed E-state index contributed by atoms with van der Waals surface area (Å²) in [6, 6.07) is 5.74. The summed E-state index contributed by atoms with van der Waals surface area (Å²) in [5.41, 5.74) is 0.984. The van der Waals surface area contributed by atoms with Crippen LogP contribution in [0.15, 0.2) is 24.5 Å². The summed E-state index contributed by atoms with van der Waals surface area (Å²) in [5, 5.41) is 17.3. The topological polar surface area (TPSA) is 56.9 Å². The van der Waals surface area contributed by atoms with Crippen molar-refractivity contribution >= 4 is 0 Å². The van der Waals surface area contributed by atoms with Gasteiger partial charge in [-0.3, -0.25) is 4.98 Å². The number of hydrogen-bond acceptors (Lipinski definition) is 3. The van der Waals surface area contributed by atoms with Crippen LogP contribution in [0.1, 0.15) is 5.56 Å². The fourth-order valence-corrected chi connectivity index (χ4v) is 0.954. The molecular formula is C9H10N2O. The maximum atomic E-state index is 8.74. The van der Waals surface area contributed by atoms with E-state index < -0.39 is 0 Å². The summed E-state index contributed by atoms with van der Waals surface area (Å²) in [4.78, 5) is 3.92. The Balaban J connectivity index is 2.58. The van der Waals surface area contributed by atoms with Crippen LogP contribution in [0.5, 0.6) is 0 Å². The van der Waals surface area contributed by atoms with Gasteiger partial charge in [-0.05, 0) is 18.1 Å². The number of nitrogens with zero attached hydrogens (tertiary/aromatic N) is 2. The molecule has 0 bridgehead atoms. The Bertz CT molecular complexity index is 266. The smallest absolute Gasteiger partial charge is 0.0735 e. The first-order valence-electron chi connectivity index (χ1n) is 3.76. The van der Waals surface area contributed by atoms with E-state index in [-0.39, 0.29) is 12.5 Å². The first kappa shape index (κ1) is 8.69. The normalized spacial score (nSPS) is 12.0. The van der Waals surface area contributed by atoms with Crippen molar-refractivity contribution in [1.29, 1.82) is 5.26 Å². The fraction of sp³-hybridized carbons (Fsp3) is 0.333. The van der Waals surface area contributed by atoms with Gasteiger partial charge in [-0.25, -0.2) is 0 Å². The van der Waals surface area contributed by atoms with Gasteiger partial charge in [0.05, 0.1) is 18.6 Å². The first-order valence-corrected chi connectivity index (χ1v) is 3.76. The molecule has 1 aromatic heterocycles. The van der Waals surface area contributed by atoms with Crippen molar-refractivity contribution < 1.29 is 5.11 Å². The molecule has 0 saturated carbocycles. The van der Waals surface area contributed by atoms with Gasteiger partial charge in [-0.15, -0.1) is 0 Å². The zero-order valence-electron chi connectivity index (χ0n) is 6.64. The van der Waals surface area contributed by atoms with Crippen LogP contribution < -0.4 is 0 Å². The van der Waals surface area contributed by atoms with E-state index in [4.69, 9.17) is 10.4 Å². The second kappa shape index (κ2) is 4.47. The van der Waals surface area contributed by atoms with E-state index in [9.17, 15) is 0 Å². The lowest BCUT2D eigenvalue weighted by Crippen LogP contribution is -2.06. The third-order valence-corrected chi connectivity index (χ3v) is 1.61. The Morgan fingerprint density at radius 3 is 3.00 bits per heavy atom. The molecule has 1 N–H and O–H groups in total. The highest BCUT2D eigenvalue weighted by Gasteiger charge is 2.05. The van der Waals surface area contributed by atoms with Crippen LogP contribution in [0.4, 0.5) is 0 Å². The van der Waals surface area contributed by atoms with Gasteiger partial charge in [-0.1, -0.05) is 6.07 Å². The van der Waals surface area contributed by atoms with Crippen LogP contribution in [0.25, 0.3) is 0 Å². The fourth-order valence-electron chi connectivity index (χ4n) is 0.954. The van der Waals surface area contributed by atoms with Crippen LogP contribution in [0.2, 0.25) is 0 Å². The lowest BCUT2D eigenvalue weighted by Gasteiger charge is -2.03. The molecule has 3 heteroatoms. The number of rotatable bonds is 3. The minimum absolute atomic E-state index is 0.0919. The summed E-state index contributed by atoms with van der Waals surface area (Å²) >= 11 is 0. The monoisotopic (exact) mass is 162 g/mol. The third kappa shape index (κ3) is 2.33. The molecule has 0 aromatic carbocycles. The molecule has 3 nitrogen and oxygen atoms in total. The van der Waals surface area contributed by atoms with E-state index >= 15 is 0 Å². The van der Waals surface area contributed by atoms with Crippen LogP contribution in [0.3, 0.4) is 0 Å². The Morgan fingerprint density at radius 2 is 2.50 bits per heavy atom. The lowest BCUT2D eigenvalue weighted by molar-refractivity contribution is 0.255.